The van der Waals surface area contributed by atoms with Crippen LogP contribution >= 0.6 is 0 Å². The number of amides is 6. The summed E-state index contributed by atoms with van der Waals surface area (Å²) in [6.07, 6.45) is 3.63. The van der Waals surface area contributed by atoms with Gasteiger partial charge in [0, 0.05) is 48.3 Å². The van der Waals surface area contributed by atoms with Crippen molar-refractivity contribution < 1.29 is 43.0 Å². The van der Waals surface area contributed by atoms with Gasteiger partial charge in [0.2, 0.25) is 29.5 Å². The van der Waals surface area contributed by atoms with E-state index in [0.29, 0.717) is 29.2 Å². The first-order chi connectivity index (χ1) is 35.0. The van der Waals surface area contributed by atoms with E-state index in [1.807, 2.05) is 91.0 Å². The number of primary amides is 1. The van der Waals surface area contributed by atoms with Crippen LogP contribution in [0, 0.1) is 0 Å². The monoisotopic (exact) mass is 975 g/mol. The predicted molar refractivity (Wildman–Crippen MR) is 267 cm³/mol. The number of rotatable bonds is 25. The first kappa shape index (κ1) is 51.1. The molecule has 0 aliphatic heterocycles. The molecule has 18 nitrogen and oxygen atoms in total. The van der Waals surface area contributed by atoms with E-state index in [2.05, 4.69) is 41.5 Å². The number of alkyl carbamates (subject to hydrolysis) is 1. The van der Waals surface area contributed by atoms with Gasteiger partial charge in [-0.25, -0.2) is 9.78 Å². The molecule has 0 saturated heterocycles. The SMILES string of the molecule is C[C@@H](NC(=O)[C@H](Cc1c[nH]c2ccccc12)NC(=O)[C@@H](COCc1ccccc1)NC(=O)[C@H](Cc1ccc(OCc2ccccc2)cc1)NC(=O)[C@H](Cc1cnc[nH]1)NC(=O)OCc1ccccc1)C(N)=O. The number of nitrogens with one attached hydrogen (secondary N) is 7. The van der Waals surface area contributed by atoms with E-state index in [1.54, 1.807) is 54.7 Å². The maximum atomic E-state index is 14.8. The van der Waals surface area contributed by atoms with Crippen molar-refractivity contribution in [2.75, 3.05) is 6.61 Å². The van der Waals surface area contributed by atoms with Crippen molar-refractivity contribution in [3.8, 4) is 5.75 Å². The summed E-state index contributed by atoms with van der Waals surface area (Å²) in [6.45, 7) is 1.39. The van der Waals surface area contributed by atoms with E-state index in [4.69, 9.17) is 19.9 Å². The number of hydrogen-bond acceptors (Lipinski definition) is 10. The van der Waals surface area contributed by atoms with Crippen molar-refractivity contribution in [1.29, 1.82) is 0 Å². The van der Waals surface area contributed by atoms with Crippen molar-refractivity contribution >= 4 is 46.5 Å². The van der Waals surface area contributed by atoms with Crippen molar-refractivity contribution in [3.63, 3.8) is 0 Å². The molecular formula is C54H57N9O9. The standard InChI is InChI=1S/C54H57N9O9/c1-35(49(55)64)59-50(65)46(26-40-28-57-44-20-12-11-19-43(40)44)61-53(68)48(33-70-30-37-13-5-2-6-14-37)62-51(66)45(25-36-21-23-42(24-22-36)71-31-38-15-7-3-8-16-38)60-52(67)47(27-41-29-56-34-58-41)63-54(69)72-32-39-17-9-4-10-18-39/h2-24,28-29,34-35,45-48,57H,25-27,30-33H2,1H3,(H2,55,64)(H,56,58)(H,59,65)(H,60,67)(H,61,68)(H,62,66)(H,63,69)/t35-,45+,46+,47+,48-/m1/s1. The molecule has 0 aliphatic rings. The Kier molecular flexibility index (Phi) is 18.3. The summed E-state index contributed by atoms with van der Waals surface area (Å²) >= 11 is 0. The molecule has 0 fully saturated rings. The number of benzene rings is 5. The van der Waals surface area contributed by atoms with Gasteiger partial charge in [0.05, 0.1) is 19.5 Å². The van der Waals surface area contributed by atoms with E-state index in [1.165, 1.54) is 19.4 Å². The molecule has 0 unspecified atom stereocenters. The Hall–Kier alpha value is -8.77. The molecule has 2 aromatic heterocycles. The van der Waals surface area contributed by atoms with Gasteiger partial charge in [-0.2, -0.15) is 0 Å². The molecule has 0 aliphatic carbocycles. The minimum Gasteiger partial charge on any atom is -0.489 e. The largest absolute Gasteiger partial charge is 0.489 e. The average molecular weight is 976 g/mol. The second-order valence-electron chi connectivity index (χ2n) is 17.0. The quantitative estimate of drug-likeness (QED) is 0.0399. The molecular weight excluding hydrogens is 919 g/mol. The Balaban J connectivity index is 1.15. The Bertz CT molecular complexity index is 2860. The highest BCUT2D eigenvalue weighted by atomic mass is 16.5. The van der Waals surface area contributed by atoms with Crippen molar-refractivity contribution in [3.05, 3.63) is 192 Å². The number of para-hydroxylation sites is 1. The maximum Gasteiger partial charge on any atom is 0.408 e. The molecule has 0 bridgehead atoms. The van der Waals surface area contributed by atoms with Crippen LogP contribution in [0.1, 0.15) is 40.4 Å². The van der Waals surface area contributed by atoms with Gasteiger partial charge >= 0.3 is 6.09 Å². The number of carbonyl (C=O) groups excluding carboxylic acids is 6. The highest BCUT2D eigenvalue weighted by molar-refractivity contribution is 5.97. The Labute approximate surface area is 415 Å². The Morgan fingerprint density at radius 1 is 0.556 bits per heavy atom. The summed E-state index contributed by atoms with van der Waals surface area (Å²) in [7, 11) is 0. The molecule has 6 amide bonds. The smallest absolute Gasteiger partial charge is 0.408 e. The number of fused-ring (bicyclic) bond motifs is 1. The topological polar surface area (TPSA) is 261 Å². The lowest BCUT2D eigenvalue weighted by atomic mass is 10.0. The van der Waals surface area contributed by atoms with Gasteiger partial charge < -0.3 is 56.5 Å². The number of carbonyl (C=O) groups is 6. The second-order valence-corrected chi connectivity index (χ2v) is 17.0. The van der Waals surface area contributed by atoms with Gasteiger partial charge in [-0.1, -0.05) is 121 Å². The lowest BCUT2D eigenvalue weighted by molar-refractivity contribution is -0.135. The third-order valence-electron chi connectivity index (χ3n) is 11.6. The summed E-state index contributed by atoms with van der Waals surface area (Å²) in [5.74, 6) is -3.25. The maximum absolute atomic E-state index is 14.8. The average Bonchev–Trinajstić information content (AvgIpc) is 4.08. The lowest BCUT2D eigenvalue weighted by Crippen LogP contribution is -2.60. The summed E-state index contributed by atoms with van der Waals surface area (Å²) in [6, 6.07) is 35.9. The highest BCUT2D eigenvalue weighted by Crippen LogP contribution is 2.20. The molecule has 9 N–H and O–H groups in total. The van der Waals surface area contributed by atoms with Crippen LogP contribution in [-0.4, -0.2) is 87.4 Å². The van der Waals surface area contributed by atoms with Crippen LogP contribution in [0.25, 0.3) is 10.9 Å². The number of hydrogen-bond donors (Lipinski definition) is 8. The zero-order valence-corrected chi connectivity index (χ0v) is 39.5. The summed E-state index contributed by atoms with van der Waals surface area (Å²) in [4.78, 5) is 93.1. The molecule has 7 aromatic rings. The molecule has 0 spiro atoms. The van der Waals surface area contributed by atoms with Crippen molar-refractivity contribution in [2.24, 2.45) is 5.73 Å². The fourth-order valence-electron chi connectivity index (χ4n) is 7.62. The van der Waals surface area contributed by atoms with Crippen LogP contribution in [0.15, 0.2) is 158 Å². The summed E-state index contributed by atoms with van der Waals surface area (Å²) in [5, 5.41) is 14.4. The van der Waals surface area contributed by atoms with Crippen molar-refractivity contribution in [1.82, 2.24) is 41.5 Å². The number of nitrogens with zero attached hydrogens (tertiary/aromatic N) is 1. The van der Waals surface area contributed by atoms with Crippen LogP contribution in [0.4, 0.5) is 4.79 Å². The molecule has 5 aromatic carbocycles. The van der Waals surface area contributed by atoms with Crippen LogP contribution < -0.4 is 37.1 Å². The van der Waals surface area contributed by atoms with Crippen LogP contribution in [0.5, 0.6) is 5.75 Å². The zero-order valence-electron chi connectivity index (χ0n) is 39.5. The Morgan fingerprint density at radius 3 is 1.72 bits per heavy atom. The number of imidazole rings is 1. The predicted octanol–water partition coefficient (Wildman–Crippen LogP) is 4.45. The van der Waals surface area contributed by atoms with Crippen molar-refractivity contribution in [2.45, 2.75) is 76.2 Å². The molecule has 5 atom stereocenters. The Morgan fingerprint density at radius 2 is 1.10 bits per heavy atom. The third-order valence-corrected chi connectivity index (χ3v) is 11.6. The number of aromatic nitrogens is 3. The lowest BCUT2D eigenvalue weighted by Gasteiger charge is -2.27. The summed E-state index contributed by atoms with van der Waals surface area (Å²) in [5.41, 5.74) is 10.6. The molecule has 372 valence electrons. The van der Waals surface area contributed by atoms with E-state index >= 15 is 0 Å². The first-order valence-electron chi connectivity index (χ1n) is 23.3. The minimum atomic E-state index is -1.44. The fraction of sp³-hybridized carbons (Fsp3) is 0.241. The number of ether oxygens (including phenoxy) is 3. The molecule has 7 rings (SSSR count). The molecule has 72 heavy (non-hydrogen) atoms. The van der Waals surface area contributed by atoms with Crippen LogP contribution in [0.3, 0.4) is 0 Å². The first-order valence-corrected chi connectivity index (χ1v) is 23.3. The van der Waals surface area contributed by atoms with Crippen LogP contribution in [-0.2, 0) is 72.5 Å². The van der Waals surface area contributed by atoms with Gasteiger partial charge in [-0.15, -0.1) is 0 Å². The van der Waals surface area contributed by atoms with Gasteiger partial charge in [-0.3, -0.25) is 24.0 Å². The zero-order chi connectivity index (χ0) is 50.7. The van der Waals surface area contributed by atoms with Crippen LogP contribution in [0.2, 0.25) is 0 Å². The molecule has 2 heterocycles. The number of nitrogens with two attached hydrogens (primary N) is 1. The van der Waals surface area contributed by atoms with Gasteiger partial charge in [-0.05, 0) is 52.9 Å². The highest BCUT2D eigenvalue weighted by Gasteiger charge is 2.33. The van der Waals surface area contributed by atoms with Gasteiger partial charge in [0.1, 0.15) is 49.2 Å². The molecule has 0 saturated carbocycles. The minimum absolute atomic E-state index is 0.0130. The van der Waals surface area contributed by atoms with E-state index in [-0.39, 0.29) is 39.1 Å². The molecule has 18 heteroatoms. The third kappa shape index (κ3) is 15.4. The number of H-pyrrole nitrogens is 2. The fourth-order valence-corrected chi connectivity index (χ4v) is 7.62. The van der Waals surface area contributed by atoms with Gasteiger partial charge in [0.15, 0.2) is 0 Å². The van der Waals surface area contributed by atoms with E-state index in [0.717, 1.165) is 27.6 Å². The molecule has 0 radical (unpaired) electrons. The second kappa shape index (κ2) is 25.7. The van der Waals surface area contributed by atoms with E-state index < -0.39 is 65.8 Å². The normalized spacial score (nSPS) is 13.1. The van der Waals surface area contributed by atoms with E-state index in [9.17, 15) is 28.8 Å². The summed E-state index contributed by atoms with van der Waals surface area (Å²) < 4.78 is 17.5. The van der Waals surface area contributed by atoms with Gasteiger partial charge in [0.25, 0.3) is 0 Å². The number of aromatic amines is 2.